The largest absolute Gasteiger partial charge is 0.416 e. The molecule has 3 rings (SSSR count). The van der Waals surface area contributed by atoms with E-state index in [1.54, 1.807) is 0 Å². The van der Waals surface area contributed by atoms with E-state index in [0.717, 1.165) is 32.3 Å². The summed E-state index contributed by atoms with van der Waals surface area (Å²) in [4.78, 5) is 0. The van der Waals surface area contributed by atoms with E-state index in [-0.39, 0.29) is 12.2 Å². The molecule has 2 nitrogen and oxygen atoms in total. The normalized spacial score (nSPS) is 19.4. The monoisotopic (exact) mass is 464 g/mol. The highest BCUT2D eigenvalue weighted by Crippen LogP contribution is 2.42. The molecule has 2 atom stereocenters. The number of unbranched alkanes of at least 4 members (excludes halogenated alkanes) is 1. The number of benzene rings is 2. The molecule has 0 spiro atoms. The Morgan fingerprint density at radius 1 is 0.818 bits per heavy atom. The molecule has 33 heavy (non-hydrogen) atoms. The Balaban J connectivity index is 1.63. The van der Waals surface area contributed by atoms with Gasteiger partial charge in [-0.3, -0.25) is 0 Å². The van der Waals surface area contributed by atoms with Crippen LogP contribution in [-0.2, 0) is 9.16 Å². The molecule has 1 heterocycles. The third kappa shape index (κ3) is 6.47. The predicted molar refractivity (Wildman–Crippen MR) is 144 cm³/mol. The molecule has 0 saturated carbocycles. The van der Waals surface area contributed by atoms with Crippen molar-refractivity contribution in [3.05, 3.63) is 77.9 Å². The van der Waals surface area contributed by atoms with Gasteiger partial charge in [0.05, 0.1) is 12.2 Å². The van der Waals surface area contributed by atoms with Gasteiger partial charge in [-0.15, -0.1) is 0 Å². The molecule has 0 fully saturated rings. The number of hydrogen-bond acceptors (Lipinski definition) is 2. The van der Waals surface area contributed by atoms with Gasteiger partial charge >= 0.3 is 0 Å². The van der Waals surface area contributed by atoms with Crippen molar-refractivity contribution in [3.63, 3.8) is 0 Å². The highest BCUT2D eigenvalue weighted by Gasteiger charge is 2.44. The third-order valence-electron chi connectivity index (χ3n) is 7.39. The van der Waals surface area contributed by atoms with Crippen LogP contribution in [0.15, 0.2) is 66.7 Å². The molecule has 1 aliphatic rings. The first kappa shape index (κ1) is 25.9. The van der Waals surface area contributed by atoms with Crippen LogP contribution in [0.4, 0.5) is 0 Å². The van der Waals surface area contributed by atoms with E-state index in [1.807, 2.05) is 0 Å². The van der Waals surface area contributed by atoms with Crippen molar-refractivity contribution < 1.29 is 9.16 Å². The molecule has 0 aromatic heterocycles. The highest BCUT2D eigenvalue weighted by molar-refractivity contribution is 6.77. The summed E-state index contributed by atoms with van der Waals surface area (Å²) in [7, 11) is -1.77. The standard InChI is InChI=1S/C30H44O2Si/c1-23(2)33(24(3)4,25(5)6)31-20-14-13-19-29-21-28(26-15-9-7-10-16-26)22-30(32-29)27-17-11-8-12-18-27/h7-12,15-18,21,23-25,29-30H,13-14,19-20,22H2,1-6H3. The van der Waals surface area contributed by atoms with Gasteiger partial charge in [-0.2, -0.15) is 0 Å². The second-order valence-corrected chi connectivity index (χ2v) is 16.0. The number of rotatable bonds is 11. The smallest absolute Gasteiger partial charge is 0.200 e. The summed E-state index contributed by atoms with van der Waals surface area (Å²) in [6, 6.07) is 21.5. The van der Waals surface area contributed by atoms with Gasteiger partial charge in [0.15, 0.2) is 8.32 Å². The second kappa shape index (κ2) is 12.1. The summed E-state index contributed by atoms with van der Waals surface area (Å²) in [6.45, 7) is 15.1. The summed E-state index contributed by atoms with van der Waals surface area (Å²) in [5, 5.41) is 0. The van der Waals surface area contributed by atoms with Crippen LogP contribution < -0.4 is 0 Å². The Kier molecular flexibility index (Phi) is 9.54. The van der Waals surface area contributed by atoms with E-state index in [2.05, 4.69) is 108 Å². The van der Waals surface area contributed by atoms with E-state index < -0.39 is 8.32 Å². The molecule has 2 aromatic rings. The van der Waals surface area contributed by atoms with Crippen LogP contribution in [0.3, 0.4) is 0 Å². The van der Waals surface area contributed by atoms with Crippen molar-refractivity contribution in [1.29, 1.82) is 0 Å². The third-order valence-corrected chi connectivity index (χ3v) is 13.5. The average Bonchev–Trinajstić information content (AvgIpc) is 2.81. The summed E-state index contributed by atoms with van der Waals surface area (Å²) in [5.41, 5.74) is 5.92. The summed E-state index contributed by atoms with van der Waals surface area (Å²) in [6.07, 6.45) is 6.85. The fourth-order valence-electron chi connectivity index (χ4n) is 5.87. The molecule has 0 aliphatic carbocycles. The summed E-state index contributed by atoms with van der Waals surface area (Å²) < 4.78 is 13.3. The van der Waals surface area contributed by atoms with Crippen molar-refractivity contribution in [2.75, 3.05) is 6.61 Å². The molecule has 0 bridgehead atoms. The van der Waals surface area contributed by atoms with Gasteiger partial charge in [0.1, 0.15) is 0 Å². The quantitative estimate of drug-likeness (QED) is 0.244. The molecule has 180 valence electrons. The van der Waals surface area contributed by atoms with Gasteiger partial charge in [-0.25, -0.2) is 0 Å². The lowest BCUT2D eigenvalue weighted by Crippen LogP contribution is -2.47. The lowest BCUT2D eigenvalue weighted by Gasteiger charge is -2.42. The molecular weight excluding hydrogens is 420 g/mol. The van der Waals surface area contributed by atoms with E-state index in [4.69, 9.17) is 9.16 Å². The Labute approximate surface area is 203 Å². The predicted octanol–water partition coefficient (Wildman–Crippen LogP) is 8.96. The van der Waals surface area contributed by atoms with Crippen molar-refractivity contribution in [3.8, 4) is 0 Å². The van der Waals surface area contributed by atoms with Crippen LogP contribution in [0.1, 0.15) is 84.5 Å². The van der Waals surface area contributed by atoms with Crippen LogP contribution in [0, 0.1) is 0 Å². The van der Waals surface area contributed by atoms with Gasteiger partial charge in [0.2, 0.25) is 0 Å². The molecule has 0 amide bonds. The molecule has 0 N–H and O–H groups in total. The lowest BCUT2D eigenvalue weighted by atomic mass is 9.91. The molecule has 2 aromatic carbocycles. The minimum absolute atomic E-state index is 0.121. The highest BCUT2D eigenvalue weighted by atomic mass is 28.4. The van der Waals surface area contributed by atoms with Crippen molar-refractivity contribution in [1.82, 2.24) is 0 Å². The maximum atomic E-state index is 6.77. The van der Waals surface area contributed by atoms with Crippen molar-refractivity contribution in [2.24, 2.45) is 0 Å². The van der Waals surface area contributed by atoms with E-state index in [9.17, 15) is 0 Å². The topological polar surface area (TPSA) is 18.5 Å². The fraction of sp³-hybridized carbons (Fsp3) is 0.533. The van der Waals surface area contributed by atoms with Gasteiger partial charge < -0.3 is 9.16 Å². The van der Waals surface area contributed by atoms with E-state index in [1.165, 1.54) is 16.7 Å². The van der Waals surface area contributed by atoms with Crippen molar-refractivity contribution >= 4 is 13.9 Å². The van der Waals surface area contributed by atoms with Gasteiger partial charge in [0, 0.05) is 13.0 Å². The minimum Gasteiger partial charge on any atom is -0.416 e. The molecule has 1 aliphatic heterocycles. The number of ether oxygens (including phenoxy) is 1. The van der Waals surface area contributed by atoms with Crippen LogP contribution in [0.25, 0.3) is 5.57 Å². The zero-order chi connectivity index (χ0) is 23.8. The molecular formula is C30H44O2Si. The average molecular weight is 465 g/mol. The molecule has 0 radical (unpaired) electrons. The van der Waals surface area contributed by atoms with Crippen LogP contribution in [0.5, 0.6) is 0 Å². The maximum absolute atomic E-state index is 6.77. The lowest BCUT2D eigenvalue weighted by molar-refractivity contribution is 0.00222. The first-order valence-corrected chi connectivity index (χ1v) is 15.1. The van der Waals surface area contributed by atoms with Crippen LogP contribution >= 0.6 is 0 Å². The Morgan fingerprint density at radius 3 is 1.97 bits per heavy atom. The Hall–Kier alpha value is -1.68. The SMILES string of the molecule is CC(C)[Si](OCCCCC1C=C(c2ccccc2)CC(c2ccccc2)O1)(C(C)C)C(C)C. The molecule has 3 heteroatoms. The summed E-state index contributed by atoms with van der Waals surface area (Å²) >= 11 is 0. The fourth-order valence-corrected chi connectivity index (χ4v) is 11.4. The number of hydrogen-bond donors (Lipinski definition) is 0. The van der Waals surface area contributed by atoms with Gasteiger partial charge in [0.25, 0.3) is 0 Å². The molecule has 0 saturated heterocycles. The van der Waals surface area contributed by atoms with E-state index in [0.29, 0.717) is 16.6 Å². The Bertz CT molecular complexity index is 836. The van der Waals surface area contributed by atoms with E-state index >= 15 is 0 Å². The maximum Gasteiger partial charge on any atom is 0.200 e. The molecule has 2 unspecified atom stereocenters. The second-order valence-electron chi connectivity index (χ2n) is 10.5. The minimum atomic E-state index is -1.77. The zero-order valence-electron chi connectivity index (χ0n) is 21.6. The summed E-state index contributed by atoms with van der Waals surface area (Å²) in [5.74, 6) is 0. The zero-order valence-corrected chi connectivity index (χ0v) is 22.6. The van der Waals surface area contributed by atoms with Gasteiger partial charge in [-0.1, -0.05) is 108 Å². The van der Waals surface area contributed by atoms with Crippen molar-refractivity contribution in [2.45, 2.75) is 96.1 Å². The Morgan fingerprint density at radius 2 is 1.39 bits per heavy atom. The first-order valence-electron chi connectivity index (χ1n) is 12.9. The van der Waals surface area contributed by atoms with Crippen LogP contribution in [0.2, 0.25) is 16.6 Å². The van der Waals surface area contributed by atoms with Crippen LogP contribution in [-0.4, -0.2) is 21.0 Å². The van der Waals surface area contributed by atoms with Gasteiger partial charge in [-0.05, 0) is 52.6 Å². The first-order chi connectivity index (χ1) is 15.8.